The van der Waals surface area contributed by atoms with E-state index >= 15 is 0 Å². The van der Waals surface area contributed by atoms with E-state index in [4.69, 9.17) is 0 Å². The van der Waals surface area contributed by atoms with Crippen molar-refractivity contribution >= 4 is 0 Å². The molecule has 3 unspecified atom stereocenters. The molecule has 2 aliphatic heterocycles. The molecule has 1 heteroatoms. The molecule has 0 aromatic heterocycles. The van der Waals surface area contributed by atoms with Crippen LogP contribution in [0, 0.1) is 5.92 Å². The average Bonchev–Trinajstić information content (AvgIpc) is 2.65. The summed E-state index contributed by atoms with van der Waals surface area (Å²) >= 11 is 0. The minimum atomic E-state index is 0.724. The Morgan fingerprint density at radius 3 is 2.83 bits per heavy atom. The fourth-order valence-electron chi connectivity index (χ4n) is 2.48. The molecule has 1 N–H and O–H groups in total. The molecule has 3 atom stereocenters. The average molecular weight is 165 g/mol. The third-order valence-electron chi connectivity index (χ3n) is 3.20. The van der Waals surface area contributed by atoms with E-state index in [-0.39, 0.29) is 0 Å². The van der Waals surface area contributed by atoms with Gasteiger partial charge in [-0.2, -0.15) is 0 Å². The summed E-state index contributed by atoms with van der Waals surface area (Å²) in [7, 11) is 0. The molecule has 12 heavy (non-hydrogen) atoms. The first-order valence-corrected chi connectivity index (χ1v) is 5.34. The first kappa shape index (κ1) is 8.31. The quantitative estimate of drug-likeness (QED) is 0.498. The van der Waals surface area contributed by atoms with Gasteiger partial charge in [-0.25, -0.2) is 0 Å². The number of unbranched alkanes of at least 4 members (excludes halogenated alkanes) is 2. The minimum Gasteiger partial charge on any atom is -0.304 e. The van der Waals surface area contributed by atoms with E-state index < -0.39 is 0 Å². The maximum Gasteiger partial charge on any atom is 0.0285 e. The second-order valence-corrected chi connectivity index (χ2v) is 4.18. The zero-order valence-corrected chi connectivity index (χ0v) is 7.92. The Morgan fingerprint density at radius 2 is 2.25 bits per heavy atom. The zero-order chi connectivity index (χ0) is 8.39. The molecule has 2 aliphatic rings. The summed E-state index contributed by atoms with van der Waals surface area (Å²) in [6.45, 7) is 2.28. The fraction of sp³-hybridized carbons (Fsp3) is 0.818. The van der Waals surface area contributed by atoms with Crippen LogP contribution in [0.25, 0.3) is 0 Å². The molecule has 0 aromatic carbocycles. The van der Waals surface area contributed by atoms with Gasteiger partial charge in [-0.1, -0.05) is 38.3 Å². The van der Waals surface area contributed by atoms with Crippen LogP contribution in [0.15, 0.2) is 12.2 Å². The van der Waals surface area contributed by atoms with Crippen molar-refractivity contribution in [2.45, 2.75) is 51.1 Å². The van der Waals surface area contributed by atoms with Gasteiger partial charge in [-0.05, 0) is 18.8 Å². The van der Waals surface area contributed by atoms with Gasteiger partial charge in [0, 0.05) is 12.1 Å². The maximum absolute atomic E-state index is 3.59. The van der Waals surface area contributed by atoms with Gasteiger partial charge >= 0.3 is 0 Å². The normalized spacial score (nSPS) is 37.9. The van der Waals surface area contributed by atoms with Crippen molar-refractivity contribution in [3.63, 3.8) is 0 Å². The van der Waals surface area contributed by atoms with E-state index in [0.717, 1.165) is 18.0 Å². The molecule has 1 fully saturated rings. The molecule has 0 radical (unpaired) electrons. The highest BCUT2D eigenvalue weighted by atomic mass is 15.0. The predicted octanol–water partition coefficient (Wildman–Crippen LogP) is 2.48. The lowest BCUT2D eigenvalue weighted by Gasteiger charge is -2.15. The van der Waals surface area contributed by atoms with Crippen molar-refractivity contribution in [2.75, 3.05) is 0 Å². The third-order valence-corrected chi connectivity index (χ3v) is 3.20. The maximum atomic E-state index is 3.59. The third kappa shape index (κ3) is 1.56. The molecule has 68 valence electrons. The highest BCUT2D eigenvalue weighted by Crippen LogP contribution is 2.31. The number of hydrogen-bond donors (Lipinski definition) is 1. The van der Waals surface area contributed by atoms with Crippen molar-refractivity contribution in [2.24, 2.45) is 5.92 Å². The molecule has 2 rings (SSSR count). The molecule has 0 aromatic rings. The summed E-state index contributed by atoms with van der Waals surface area (Å²) in [5.74, 6) is 0.951. The zero-order valence-electron chi connectivity index (χ0n) is 7.92. The van der Waals surface area contributed by atoms with Crippen molar-refractivity contribution in [3.05, 3.63) is 12.2 Å². The van der Waals surface area contributed by atoms with Crippen LogP contribution in [0.1, 0.15) is 39.0 Å². The van der Waals surface area contributed by atoms with Gasteiger partial charge in [-0.15, -0.1) is 0 Å². The summed E-state index contributed by atoms with van der Waals surface area (Å²) in [5.41, 5.74) is 0. The molecule has 1 saturated heterocycles. The lowest BCUT2D eigenvalue weighted by atomic mass is 9.89. The Bertz CT molecular complexity index is 174. The Hall–Kier alpha value is -0.300. The summed E-state index contributed by atoms with van der Waals surface area (Å²) in [6.07, 6.45) is 11.7. The summed E-state index contributed by atoms with van der Waals surface area (Å²) in [6, 6.07) is 1.45. The van der Waals surface area contributed by atoms with Crippen molar-refractivity contribution in [1.29, 1.82) is 0 Å². The summed E-state index contributed by atoms with van der Waals surface area (Å²) < 4.78 is 0. The lowest BCUT2D eigenvalue weighted by Crippen LogP contribution is -2.22. The lowest BCUT2D eigenvalue weighted by molar-refractivity contribution is 0.443. The van der Waals surface area contributed by atoms with Gasteiger partial charge in [0.25, 0.3) is 0 Å². The van der Waals surface area contributed by atoms with Crippen molar-refractivity contribution < 1.29 is 0 Å². The number of nitrogens with one attached hydrogen (secondary N) is 1. The van der Waals surface area contributed by atoms with Crippen LogP contribution < -0.4 is 5.32 Å². The van der Waals surface area contributed by atoms with E-state index in [1.807, 2.05) is 0 Å². The molecule has 0 amide bonds. The molecule has 0 saturated carbocycles. The van der Waals surface area contributed by atoms with Crippen LogP contribution >= 0.6 is 0 Å². The first-order chi connectivity index (χ1) is 5.90. The van der Waals surface area contributed by atoms with Crippen LogP contribution in [-0.4, -0.2) is 12.1 Å². The largest absolute Gasteiger partial charge is 0.304 e. The van der Waals surface area contributed by atoms with E-state index in [9.17, 15) is 0 Å². The molecule has 0 aliphatic carbocycles. The molecule has 0 spiro atoms. The summed E-state index contributed by atoms with van der Waals surface area (Å²) in [4.78, 5) is 0. The van der Waals surface area contributed by atoms with Crippen molar-refractivity contribution in [3.8, 4) is 0 Å². The number of hydrogen-bond acceptors (Lipinski definition) is 1. The fourth-order valence-corrected chi connectivity index (χ4v) is 2.48. The van der Waals surface area contributed by atoms with Crippen LogP contribution in [0.3, 0.4) is 0 Å². The topological polar surface area (TPSA) is 12.0 Å². The van der Waals surface area contributed by atoms with E-state index in [1.54, 1.807) is 0 Å². The first-order valence-electron chi connectivity index (χ1n) is 5.34. The van der Waals surface area contributed by atoms with Gasteiger partial charge in [0.1, 0.15) is 0 Å². The van der Waals surface area contributed by atoms with E-state index in [0.29, 0.717) is 0 Å². The molecule has 2 bridgehead atoms. The molecule has 2 heterocycles. The highest BCUT2D eigenvalue weighted by Gasteiger charge is 2.33. The molecular formula is C11H19N. The number of rotatable bonds is 4. The standard InChI is InChI=1S/C11H19N/c1-2-3-4-5-9-8-10-6-7-11(9)12-10/h6-7,9-12H,2-5,8H2,1H3. The van der Waals surface area contributed by atoms with E-state index in [2.05, 4.69) is 24.4 Å². The molecular weight excluding hydrogens is 146 g/mol. The summed E-state index contributed by atoms with van der Waals surface area (Å²) in [5, 5.41) is 3.59. The Morgan fingerprint density at radius 1 is 1.33 bits per heavy atom. The smallest absolute Gasteiger partial charge is 0.0285 e. The molecule has 1 nitrogen and oxygen atoms in total. The number of fused-ring (bicyclic) bond motifs is 2. The second-order valence-electron chi connectivity index (χ2n) is 4.18. The van der Waals surface area contributed by atoms with Crippen LogP contribution in [-0.2, 0) is 0 Å². The van der Waals surface area contributed by atoms with Crippen molar-refractivity contribution in [1.82, 2.24) is 5.32 Å². The van der Waals surface area contributed by atoms with Crippen LogP contribution in [0.5, 0.6) is 0 Å². The van der Waals surface area contributed by atoms with Crippen LogP contribution in [0.2, 0.25) is 0 Å². The van der Waals surface area contributed by atoms with Gasteiger partial charge in [-0.3, -0.25) is 0 Å². The van der Waals surface area contributed by atoms with Gasteiger partial charge in [0.2, 0.25) is 0 Å². The Labute approximate surface area is 75.2 Å². The minimum absolute atomic E-state index is 0.724. The van der Waals surface area contributed by atoms with Gasteiger partial charge in [0.15, 0.2) is 0 Å². The van der Waals surface area contributed by atoms with Gasteiger partial charge < -0.3 is 5.32 Å². The Kier molecular flexibility index (Phi) is 2.50. The second kappa shape index (κ2) is 3.61. The Balaban J connectivity index is 1.73. The van der Waals surface area contributed by atoms with E-state index in [1.165, 1.54) is 32.1 Å². The predicted molar refractivity (Wildman–Crippen MR) is 52.1 cm³/mol. The van der Waals surface area contributed by atoms with Gasteiger partial charge in [0.05, 0.1) is 0 Å². The highest BCUT2D eigenvalue weighted by molar-refractivity contribution is 5.16. The van der Waals surface area contributed by atoms with Crippen LogP contribution in [0.4, 0.5) is 0 Å². The monoisotopic (exact) mass is 165 g/mol. The SMILES string of the molecule is CCCCCC1CC2C=CC1N2.